The molecule has 0 aliphatic carbocycles. The normalized spacial score (nSPS) is 22.1. The first-order chi connectivity index (χ1) is 8.43. The zero-order valence-electron chi connectivity index (χ0n) is 9.86. The molecule has 4 nitrogen and oxygen atoms in total. The molecule has 7 heteroatoms. The summed E-state index contributed by atoms with van der Waals surface area (Å²) in [6, 6.07) is 4.31. The highest BCUT2D eigenvalue weighted by Gasteiger charge is 2.31. The van der Waals surface area contributed by atoms with Crippen LogP contribution in [0.4, 0.5) is 0 Å². The fourth-order valence-electron chi connectivity index (χ4n) is 1.95. The Labute approximate surface area is 117 Å². The number of nitrogens with zero attached hydrogens (tertiary/aromatic N) is 1. The van der Waals surface area contributed by atoms with Crippen molar-refractivity contribution in [2.75, 3.05) is 19.6 Å². The molecule has 0 spiro atoms. The smallest absolute Gasteiger partial charge is 0.243 e. The van der Waals surface area contributed by atoms with Gasteiger partial charge < -0.3 is 5.32 Å². The van der Waals surface area contributed by atoms with Crippen LogP contribution in [0.15, 0.2) is 23.1 Å². The highest BCUT2D eigenvalue weighted by Crippen LogP contribution is 2.27. The second-order valence-corrected chi connectivity index (χ2v) is 6.95. The predicted octanol–water partition coefficient (Wildman–Crippen LogP) is 1.98. The van der Waals surface area contributed by atoms with E-state index in [1.165, 1.54) is 22.5 Å². The number of benzene rings is 1. The van der Waals surface area contributed by atoms with Gasteiger partial charge in [-0.25, -0.2) is 8.42 Å². The third kappa shape index (κ3) is 2.65. The first-order valence-corrected chi connectivity index (χ1v) is 7.80. The Morgan fingerprint density at radius 2 is 2.06 bits per heavy atom. The number of nitrogens with one attached hydrogen (secondary N) is 1. The summed E-state index contributed by atoms with van der Waals surface area (Å²) in [6.07, 6.45) is 0. The van der Waals surface area contributed by atoms with Gasteiger partial charge in [-0.1, -0.05) is 23.2 Å². The Bertz CT molecular complexity index is 548. The van der Waals surface area contributed by atoms with Crippen LogP contribution in [-0.2, 0) is 10.0 Å². The Balaban J connectivity index is 2.37. The summed E-state index contributed by atoms with van der Waals surface area (Å²) < 4.78 is 26.4. The van der Waals surface area contributed by atoms with Crippen LogP contribution in [0, 0.1) is 0 Å². The predicted molar refractivity (Wildman–Crippen MR) is 72.7 cm³/mol. The molecule has 1 fully saturated rings. The van der Waals surface area contributed by atoms with Gasteiger partial charge in [-0.3, -0.25) is 0 Å². The number of hydrogen-bond acceptors (Lipinski definition) is 3. The van der Waals surface area contributed by atoms with E-state index in [0.29, 0.717) is 24.7 Å². The van der Waals surface area contributed by atoms with Crippen molar-refractivity contribution in [3.63, 3.8) is 0 Å². The van der Waals surface area contributed by atoms with Gasteiger partial charge in [-0.15, -0.1) is 0 Å². The first kappa shape index (κ1) is 14.1. The van der Waals surface area contributed by atoms with E-state index in [4.69, 9.17) is 23.2 Å². The molecule has 1 heterocycles. The largest absolute Gasteiger partial charge is 0.314 e. The summed E-state index contributed by atoms with van der Waals surface area (Å²) in [5.74, 6) is 0. The second kappa shape index (κ2) is 5.35. The van der Waals surface area contributed by atoms with Crippen molar-refractivity contribution >= 4 is 33.2 Å². The van der Waals surface area contributed by atoms with Crippen LogP contribution < -0.4 is 5.32 Å². The number of hydrogen-bond donors (Lipinski definition) is 1. The summed E-state index contributed by atoms with van der Waals surface area (Å²) in [4.78, 5) is 0.186. The van der Waals surface area contributed by atoms with Crippen molar-refractivity contribution < 1.29 is 8.42 Å². The van der Waals surface area contributed by atoms with Gasteiger partial charge in [-0.05, 0) is 25.1 Å². The molecule has 100 valence electrons. The van der Waals surface area contributed by atoms with E-state index in [1.807, 2.05) is 6.92 Å². The highest BCUT2D eigenvalue weighted by molar-refractivity contribution is 7.89. The standard InChI is InChI=1S/C11H14Cl2N2O2S/c1-8-7-14-4-5-15(8)18(16,17)9-2-3-10(12)11(13)6-9/h2-3,6,8,14H,4-5,7H2,1H3/t8-/m1/s1. The highest BCUT2D eigenvalue weighted by atomic mass is 35.5. The van der Waals surface area contributed by atoms with E-state index in [0.717, 1.165) is 0 Å². The molecular formula is C11H14Cl2N2O2S. The van der Waals surface area contributed by atoms with Gasteiger partial charge >= 0.3 is 0 Å². The fraction of sp³-hybridized carbons (Fsp3) is 0.455. The molecule has 1 atom stereocenters. The van der Waals surface area contributed by atoms with Gasteiger partial charge in [0.2, 0.25) is 10.0 Å². The molecule has 0 radical (unpaired) electrons. The zero-order valence-corrected chi connectivity index (χ0v) is 12.2. The van der Waals surface area contributed by atoms with Gasteiger partial charge in [0.1, 0.15) is 0 Å². The zero-order chi connectivity index (χ0) is 13.3. The van der Waals surface area contributed by atoms with Crippen molar-refractivity contribution in [3.8, 4) is 0 Å². The quantitative estimate of drug-likeness (QED) is 0.909. The van der Waals surface area contributed by atoms with Crippen LogP contribution >= 0.6 is 23.2 Å². The molecule has 0 aromatic heterocycles. The minimum Gasteiger partial charge on any atom is -0.314 e. The molecule has 2 rings (SSSR count). The maximum atomic E-state index is 12.5. The lowest BCUT2D eigenvalue weighted by Crippen LogP contribution is -2.52. The molecule has 1 aliphatic rings. The van der Waals surface area contributed by atoms with Gasteiger partial charge in [0.25, 0.3) is 0 Å². The third-order valence-electron chi connectivity index (χ3n) is 2.94. The molecule has 1 saturated heterocycles. The van der Waals surface area contributed by atoms with Gasteiger partial charge in [-0.2, -0.15) is 4.31 Å². The molecule has 0 saturated carbocycles. The summed E-state index contributed by atoms with van der Waals surface area (Å²) in [5, 5.41) is 3.76. The van der Waals surface area contributed by atoms with Crippen LogP contribution in [0.3, 0.4) is 0 Å². The van der Waals surface area contributed by atoms with E-state index in [9.17, 15) is 8.42 Å². The van der Waals surface area contributed by atoms with Crippen LogP contribution in [0.5, 0.6) is 0 Å². The molecule has 0 unspecified atom stereocenters. The van der Waals surface area contributed by atoms with E-state index in [2.05, 4.69) is 5.32 Å². The van der Waals surface area contributed by atoms with Crippen molar-refractivity contribution in [1.82, 2.24) is 9.62 Å². The maximum Gasteiger partial charge on any atom is 0.243 e. The summed E-state index contributed by atoms with van der Waals surface area (Å²) in [5.41, 5.74) is 0. The number of halogens is 2. The average molecular weight is 309 g/mol. The van der Waals surface area contributed by atoms with Crippen molar-refractivity contribution in [2.24, 2.45) is 0 Å². The second-order valence-electron chi connectivity index (χ2n) is 4.24. The molecular weight excluding hydrogens is 295 g/mol. The fourth-order valence-corrected chi connectivity index (χ4v) is 3.97. The first-order valence-electron chi connectivity index (χ1n) is 5.60. The number of rotatable bonds is 2. The van der Waals surface area contributed by atoms with Gasteiger partial charge in [0.05, 0.1) is 14.9 Å². The van der Waals surface area contributed by atoms with Crippen LogP contribution in [0.2, 0.25) is 10.0 Å². The number of sulfonamides is 1. The van der Waals surface area contributed by atoms with E-state index in [-0.39, 0.29) is 16.0 Å². The van der Waals surface area contributed by atoms with E-state index < -0.39 is 10.0 Å². The SMILES string of the molecule is C[C@@H]1CNCCN1S(=O)(=O)c1ccc(Cl)c(Cl)c1. The molecule has 1 aliphatic heterocycles. The number of piperazine rings is 1. The van der Waals surface area contributed by atoms with E-state index in [1.54, 1.807) is 0 Å². The van der Waals surface area contributed by atoms with Crippen LogP contribution in [0.25, 0.3) is 0 Å². The summed E-state index contributed by atoms with van der Waals surface area (Å²) >= 11 is 11.7. The topological polar surface area (TPSA) is 49.4 Å². The molecule has 0 bridgehead atoms. The van der Waals surface area contributed by atoms with Crippen LogP contribution in [0.1, 0.15) is 6.92 Å². The Hall–Kier alpha value is -0.330. The van der Waals surface area contributed by atoms with Crippen LogP contribution in [-0.4, -0.2) is 38.4 Å². The lowest BCUT2D eigenvalue weighted by Gasteiger charge is -2.32. The Morgan fingerprint density at radius 1 is 1.33 bits per heavy atom. The lowest BCUT2D eigenvalue weighted by molar-refractivity contribution is 0.284. The maximum absolute atomic E-state index is 12.5. The summed E-state index contributed by atoms with van der Waals surface area (Å²) in [6.45, 7) is 3.65. The van der Waals surface area contributed by atoms with E-state index >= 15 is 0 Å². The Morgan fingerprint density at radius 3 is 2.67 bits per heavy atom. The molecule has 1 aromatic rings. The van der Waals surface area contributed by atoms with Crippen molar-refractivity contribution in [1.29, 1.82) is 0 Å². The molecule has 18 heavy (non-hydrogen) atoms. The monoisotopic (exact) mass is 308 g/mol. The van der Waals surface area contributed by atoms with Gasteiger partial charge in [0.15, 0.2) is 0 Å². The minimum absolute atomic E-state index is 0.0711. The molecule has 0 amide bonds. The minimum atomic E-state index is -3.50. The van der Waals surface area contributed by atoms with Crippen molar-refractivity contribution in [3.05, 3.63) is 28.2 Å². The Kier molecular flexibility index (Phi) is 4.18. The third-order valence-corrected chi connectivity index (χ3v) is 5.69. The molecule has 1 N–H and O–H groups in total. The lowest BCUT2D eigenvalue weighted by atomic mass is 10.3. The molecule has 1 aromatic carbocycles. The average Bonchev–Trinajstić information content (AvgIpc) is 2.33. The van der Waals surface area contributed by atoms with Crippen molar-refractivity contribution in [2.45, 2.75) is 17.9 Å². The van der Waals surface area contributed by atoms with Gasteiger partial charge in [0, 0.05) is 25.7 Å². The summed E-state index contributed by atoms with van der Waals surface area (Å²) in [7, 11) is -3.50.